The zero-order valence-corrected chi connectivity index (χ0v) is 11.3. The second-order valence-corrected chi connectivity index (χ2v) is 5.37. The summed E-state index contributed by atoms with van der Waals surface area (Å²) in [4.78, 5) is 10.2. The summed E-state index contributed by atoms with van der Waals surface area (Å²) < 4.78 is 13.1. The molecule has 106 valence electrons. The van der Waals surface area contributed by atoms with Gasteiger partial charge in [-0.05, 0) is 25.3 Å². The number of benzene rings is 1. The lowest BCUT2D eigenvalue weighted by molar-refractivity contribution is -0.384. The summed E-state index contributed by atoms with van der Waals surface area (Å²) >= 11 is 0. The summed E-state index contributed by atoms with van der Waals surface area (Å²) in [5, 5.41) is 23.7. The van der Waals surface area contributed by atoms with Gasteiger partial charge >= 0.3 is 0 Å². The van der Waals surface area contributed by atoms with Crippen molar-refractivity contribution in [2.75, 3.05) is 11.9 Å². The molecule has 0 saturated heterocycles. The van der Waals surface area contributed by atoms with E-state index in [0.29, 0.717) is 12.3 Å². The van der Waals surface area contributed by atoms with Crippen molar-refractivity contribution >= 4 is 11.4 Å². The Labute approximate surface area is 111 Å². The van der Waals surface area contributed by atoms with Crippen LogP contribution in [0, 0.1) is 21.8 Å². The third kappa shape index (κ3) is 4.82. The van der Waals surface area contributed by atoms with Crippen molar-refractivity contribution in [1.82, 2.24) is 0 Å². The highest BCUT2D eigenvalue weighted by Crippen LogP contribution is 2.26. The van der Waals surface area contributed by atoms with Crippen LogP contribution < -0.4 is 5.32 Å². The second-order valence-electron chi connectivity index (χ2n) is 5.37. The highest BCUT2D eigenvalue weighted by molar-refractivity contribution is 5.61. The van der Waals surface area contributed by atoms with Crippen molar-refractivity contribution in [1.29, 1.82) is 0 Å². The van der Waals surface area contributed by atoms with Crippen molar-refractivity contribution in [2.24, 2.45) is 5.92 Å². The molecule has 1 aromatic carbocycles. The van der Waals surface area contributed by atoms with E-state index in [0.717, 1.165) is 18.2 Å². The van der Waals surface area contributed by atoms with Gasteiger partial charge in [-0.15, -0.1) is 0 Å². The molecule has 1 rings (SSSR count). The number of nitro groups is 1. The van der Waals surface area contributed by atoms with Gasteiger partial charge in [0, 0.05) is 18.7 Å². The third-order valence-corrected chi connectivity index (χ3v) is 2.66. The molecule has 0 bridgehead atoms. The SMILES string of the molecule is CC(C)CC(C)(O)CNc1cc(F)ccc1[N+](=O)[O-]. The summed E-state index contributed by atoms with van der Waals surface area (Å²) in [6.07, 6.45) is 0.545. The molecule has 1 atom stereocenters. The van der Waals surface area contributed by atoms with Crippen LogP contribution in [0.4, 0.5) is 15.8 Å². The summed E-state index contributed by atoms with van der Waals surface area (Å²) in [6, 6.07) is 3.20. The van der Waals surface area contributed by atoms with Gasteiger partial charge in [0.15, 0.2) is 0 Å². The maximum absolute atomic E-state index is 13.1. The van der Waals surface area contributed by atoms with E-state index in [-0.39, 0.29) is 17.9 Å². The zero-order valence-electron chi connectivity index (χ0n) is 11.3. The van der Waals surface area contributed by atoms with E-state index in [1.807, 2.05) is 13.8 Å². The van der Waals surface area contributed by atoms with Crippen LogP contribution in [0.5, 0.6) is 0 Å². The van der Waals surface area contributed by atoms with Crippen molar-refractivity contribution in [2.45, 2.75) is 32.8 Å². The Bertz CT molecular complexity index is 461. The molecule has 0 radical (unpaired) electrons. The molecule has 6 heteroatoms. The van der Waals surface area contributed by atoms with Gasteiger partial charge in [0.05, 0.1) is 10.5 Å². The van der Waals surface area contributed by atoms with Gasteiger partial charge in [-0.3, -0.25) is 10.1 Å². The van der Waals surface area contributed by atoms with Crippen molar-refractivity contribution in [3.63, 3.8) is 0 Å². The van der Waals surface area contributed by atoms with Crippen LogP contribution in [0.25, 0.3) is 0 Å². The highest BCUT2D eigenvalue weighted by atomic mass is 19.1. The van der Waals surface area contributed by atoms with Crippen LogP contribution in [0.2, 0.25) is 0 Å². The van der Waals surface area contributed by atoms with E-state index in [4.69, 9.17) is 0 Å². The molecule has 0 aromatic heterocycles. The van der Waals surface area contributed by atoms with E-state index < -0.39 is 16.3 Å². The number of rotatable bonds is 6. The Balaban J connectivity index is 2.82. The molecule has 0 aliphatic rings. The highest BCUT2D eigenvalue weighted by Gasteiger charge is 2.23. The van der Waals surface area contributed by atoms with E-state index >= 15 is 0 Å². The van der Waals surface area contributed by atoms with E-state index in [1.165, 1.54) is 0 Å². The van der Waals surface area contributed by atoms with Gasteiger partial charge < -0.3 is 10.4 Å². The minimum atomic E-state index is -1.01. The summed E-state index contributed by atoms with van der Waals surface area (Å²) in [5.74, 6) is -0.268. The number of anilines is 1. The number of aliphatic hydroxyl groups is 1. The normalized spacial score (nSPS) is 14.2. The van der Waals surface area contributed by atoms with Crippen LogP contribution in [0.15, 0.2) is 18.2 Å². The first kappa shape index (κ1) is 15.4. The average Bonchev–Trinajstić information content (AvgIpc) is 2.24. The van der Waals surface area contributed by atoms with Crippen LogP contribution in [-0.4, -0.2) is 22.2 Å². The largest absolute Gasteiger partial charge is 0.388 e. The van der Waals surface area contributed by atoms with Gasteiger partial charge in [0.2, 0.25) is 0 Å². The van der Waals surface area contributed by atoms with Gasteiger partial charge in [0.1, 0.15) is 11.5 Å². The molecular formula is C13H19FN2O3. The maximum Gasteiger partial charge on any atom is 0.292 e. The van der Waals surface area contributed by atoms with Gasteiger partial charge in [-0.25, -0.2) is 4.39 Å². The standard InChI is InChI=1S/C13H19FN2O3/c1-9(2)7-13(3,17)8-15-11-6-10(14)4-5-12(11)16(18)19/h4-6,9,15,17H,7-8H2,1-3H3. The summed E-state index contributed by atoms with van der Waals surface area (Å²) in [7, 11) is 0. The molecule has 0 amide bonds. The monoisotopic (exact) mass is 270 g/mol. The number of nitrogens with one attached hydrogen (secondary N) is 1. The Morgan fingerprint density at radius 3 is 2.68 bits per heavy atom. The van der Waals surface area contributed by atoms with Gasteiger partial charge in [-0.1, -0.05) is 13.8 Å². The molecule has 0 fully saturated rings. The fraction of sp³-hybridized carbons (Fsp3) is 0.538. The van der Waals surface area contributed by atoms with Crippen LogP contribution in [0.3, 0.4) is 0 Å². The summed E-state index contributed by atoms with van der Waals surface area (Å²) in [5.41, 5.74) is -1.13. The minimum Gasteiger partial charge on any atom is -0.388 e. The fourth-order valence-electron chi connectivity index (χ4n) is 2.05. The first-order valence-electron chi connectivity index (χ1n) is 6.11. The number of halogens is 1. The second kappa shape index (κ2) is 5.97. The van der Waals surface area contributed by atoms with E-state index in [9.17, 15) is 19.6 Å². The first-order chi connectivity index (χ1) is 8.71. The van der Waals surface area contributed by atoms with Gasteiger partial charge in [0.25, 0.3) is 5.69 Å². The molecule has 2 N–H and O–H groups in total. The molecule has 1 unspecified atom stereocenters. The van der Waals surface area contributed by atoms with Crippen LogP contribution in [-0.2, 0) is 0 Å². The van der Waals surface area contributed by atoms with Crippen LogP contribution >= 0.6 is 0 Å². The van der Waals surface area contributed by atoms with E-state index in [2.05, 4.69) is 5.32 Å². The maximum atomic E-state index is 13.1. The minimum absolute atomic E-state index is 0.0778. The average molecular weight is 270 g/mol. The molecule has 0 spiro atoms. The van der Waals surface area contributed by atoms with Crippen LogP contribution in [0.1, 0.15) is 27.2 Å². The molecule has 0 heterocycles. The number of nitrogens with zero attached hydrogens (tertiary/aromatic N) is 1. The summed E-state index contributed by atoms with van der Waals surface area (Å²) in [6.45, 7) is 5.71. The quantitative estimate of drug-likeness (QED) is 0.615. The lowest BCUT2D eigenvalue weighted by Gasteiger charge is -2.26. The molecule has 1 aromatic rings. The lowest BCUT2D eigenvalue weighted by atomic mass is 9.94. The smallest absolute Gasteiger partial charge is 0.292 e. The first-order valence-corrected chi connectivity index (χ1v) is 6.11. The molecule has 0 saturated carbocycles. The predicted octanol–water partition coefficient (Wildman–Crippen LogP) is 2.94. The number of hydrogen-bond acceptors (Lipinski definition) is 4. The topological polar surface area (TPSA) is 75.4 Å². The fourth-order valence-corrected chi connectivity index (χ4v) is 2.05. The molecule has 0 aliphatic heterocycles. The van der Waals surface area contributed by atoms with Crippen molar-refractivity contribution in [3.05, 3.63) is 34.1 Å². The van der Waals surface area contributed by atoms with E-state index in [1.54, 1.807) is 6.92 Å². The number of nitro benzene ring substituents is 1. The molecule has 0 aliphatic carbocycles. The predicted molar refractivity (Wildman–Crippen MR) is 71.6 cm³/mol. The van der Waals surface area contributed by atoms with Crippen molar-refractivity contribution < 1.29 is 14.4 Å². The Kier molecular flexibility index (Phi) is 4.83. The third-order valence-electron chi connectivity index (χ3n) is 2.66. The van der Waals surface area contributed by atoms with Gasteiger partial charge in [-0.2, -0.15) is 0 Å². The number of hydrogen-bond donors (Lipinski definition) is 2. The zero-order chi connectivity index (χ0) is 14.6. The molecule has 5 nitrogen and oxygen atoms in total. The lowest BCUT2D eigenvalue weighted by Crippen LogP contribution is -2.35. The van der Waals surface area contributed by atoms with Crippen molar-refractivity contribution in [3.8, 4) is 0 Å². The Morgan fingerprint density at radius 1 is 1.53 bits per heavy atom. The Hall–Kier alpha value is -1.69. The molecular weight excluding hydrogens is 251 g/mol. The molecule has 19 heavy (non-hydrogen) atoms. The Morgan fingerprint density at radius 2 is 2.16 bits per heavy atom.